The van der Waals surface area contributed by atoms with Crippen LogP contribution in [0.3, 0.4) is 0 Å². The normalized spacial score (nSPS) is 11.6. The Balaban J connectivity index is 3.06. The molecule has 8 heteroatoms. The first-order chi connectivity index (χ1) is 8.17. The van der Waals surface area contributed by atoms with E-state index in [4.69, 9.17) is 14.8 Å². The lowest BCUT2D eigenvalue weighted by molar-refractivity contribution is -0.274. The Morgan fingerprint density at radius 1 is 1.11 bits per heavy atom. The molecule has 0 saturated carbocycles. The first kappa shape index (κ1) is 14.7. The molecule has 0 spiro atoms. The number of benzene rings is 1. The van der Waals surface area contributed by atoms with Gasteiger partial charge in [0, 0.05) is 6.07 Å². The van der Waals surface area contributed by atoms with Gasteiger partial charge in [0.05, 0.1) is 6.10 Å². The van der Waals surface area contributed by atoms with Crippen LogP contribution in [0.5, 0.6) is 11.5 Å². The molecule has 0 aliphatic heterocycles. The summed E-state index contributed by atoms with van der Waals surface area (Å²) in [5.41, 5.74) is -0.146. The van der Waals surface area contributed by atoms with Gasteiger partial charge in [-0.3, -0.25) is 0 Å². The van der Waals surface area contributed by atoms with Gasteiger partial charge >= 0.3 is 13.5 Å². The van der Waals surface area contributed by atoms with Gasteiger partial charge in [-0.1, -0.05) is 0 Å². The zero-order chi connectivity index (χ0) is 13.9. The lowest BCUT2D eigenvalue weighted by Gasteiger charge is -2.14. The van der Waals surface area contributed by atoms with Crippen molar-refractivity contribution in [2.75, 3.05) is 0 Å². The molecule has 0 fully saturated rings. The summed E-state index contributed by atoms with van der Waals surface area (Å²) in [6, 6.07) is 3.14. The molecule has 0 aromatic heterocycles. The lowest BCUT2D eigenvalue weighted by Crippen LogP contribution is -2.30. The van der Waals surface area contributed by atoms with Crippen molar-refractivity contribution in [2.45, 2.75) is 26.3 Å². The van der Waals surface area contributed by atoms with Crippen molar-refractivity contribution in [1.29, 1.82) is 0 Å². The molecule has 0 heterocycles. The number of alkyl halides is 3. The minimum absolute atomic E-state index is 0.0647. The van der Waals surface area contributed by atoms with Crippen LogP contribution in [0.25, 0.3) is 0 Å². The molecule has 0 unspecified atom stereocenters. The third-order valence-corrected chi connectivity index (χ3v) is 1.81. The van der Waals surface area contributed by atoms with Gasteiger partial charge in [-0.25, -0.2) is 0 Å². The van der Waals surface area contributed by atoms with Crippen molar-refractivity contribution in [3.05, 3.63) is 18.2 Å². The number of rotatable bonds is 4. The fraction of sp³-hybridized carbons (Fsp3) is 0.400. The van der Waals surface area contributed by atoms with E-state index in [2.05, 4.69) is 4.74 Å². The molecule has 0 aliphatic rings. The molecule has 0 aliphatic carbocycles. The van der Waals surface area contributed by atoms with Crippen LogP contribution in [0.1, 0.15) is 13.8 Å². The fourth-order valence-corrected chi connectivity index (χ4v) is 1.28. The first-order valence-corrected chi connectivity index (χ1v) is 5.11. The number of hydrogen-bond donors (Lipinski definition) is 2. The van der Waals surface area contributed by atoms with Gasteiger partial charge in [-0.15, -0.1) is 13.2 Å². The van der Waals surface area contributed by atoms with Gasteiger partial charge < -0.3 is 19.5 Å². The van der Waals surface area contributed by atoms with Crippen LogP contribution in [0.15, 0.2) is 18.2 Å². The van der Waals surface area contributed by atoms with Gasteiger partial charge in [-0.2, -0.15) is 0 Å². The maximum absolute atomic E-state index is 12.1. The molecule has 4 nitrogen and oxygen atoms in total. The molecule has 18 heavy (non-hydrogen) atoms. The molecule has 1 aromatic carbocycles. The van der Waals surface area contributed by atoms with Crippen LogP contribution < -0.4 is 14.9 Å². The van der Waals surface area contributed by atoms with Crippen LogP contribution in [-0.4, -0.2) is 29.6 Å². The Hall–Kier alpha value is -1.41. The summed E-state index contributed by atoms with van der Waals surface area (Å²) in [7, 11) is -1.91. The van der Waals surface area contributed by atoms with E-state index in [0.29, 0.717) is 0 Å². The highest BCUT2D eigenvalue weighted by Gasteiger charge is 2.31. The van der Waals surface area contributed by atoms with Crippen LogP contribution in [-0.2, 0) is 0 Å². The summed E-state index contributed by atoms with van der Waals surface area (Å²) in [5, 5.41) is 17.9. The highest BCUT2D eigenvalue weighted by molar-refractivity contribution is 6.58. The molecule has 1 aromatic rings. The highest BCUT2D eigenvalue weighted by atomic mass is 19.4. The Labute approximate surface area is 102 Å². The summed E-state index contributed by atoms with van der Waals surface area (Å²) in [6.45, 7) is 3.37. The lowest BCUT2D eigenvalue weighted by atomic mass is 9.80. The molecule has 0 saturated heterocycles. The second kappa shape index (κ2) is 5.49. The van der Waals surface area contributed by atoms with Crippen molar-refractivity contribution >= 4 is 12.6 Å². The summed E-state index contributed by atoms with van der Waals surface area (Å²) in [6.07, 6.45) is -5.12. The molecular weight excluding hydrogens is 252 g/mol. The molecule has 2 N–H and O–H groups in total. The van der Waals surface area contributed by atoms with Crippen molar-refractivity contribution in [1.82, 2.24) is 0 Å². The molecule has 0 amide bonds. The van der Waals surface area contributed by atoms with Crippen molar-refractivity contribution in [2.24, 2.45) is 0 Å². The largest absolute Gasteiger partial charge is 0.573 e. The maximum atomic E-state index is 12.1. The van der Waals surface area contributed by atoms with E-state index in [-0.39, 0.29) is 17.3 Å². The first-order valence-electron chi connectivity index (χ1n) is 5.11. The summed E-state index contributed by atoms with van der Waals surface area (Å²) in [4.78, 5) is 0. The van der Waals surface area contributed by atoms with Gasteiger partial charge in [0.15, 0.2) is 0 Å². The average molecular weight is 264 g/mol. The quantitative estimate of drug-likeness (QED) is 0.798. The highest BCUT2D eigenvalue weighted by Crippen LogP contribution is 2.25. The topological polar surface area (TPSA) is 58.9 Å². The van der Waals surface area contributed by atoms with E-state index >= 15 is 0 Å². The minimum atomic E-state index is -4.85. The number of halogens is 3. The smallest absolute Gasteiger partial charge is 0.491 e. The molecule has 0 atom stereocenters. The van der Waals surface area contributed by atoms with E-state index < -0.39 is 19.2 Å². The van der Waals surface area contributed by atoms with Crippen LogP contribution in [0, 0.1) is 0 Å². The van der Waals surface area contributed by atoms with Crippen LogP contribution in [0.4, 0.5) is 13.2 Å². The second-order valence-corrected chi connectivity index (χ2v) is 3.83. The van der Waals surface area contributed by atoms with Gasteiger partial charge in [0.25, 0.3) is 0 Å². The third kappa shape index (κ3) is 4.85. The van der Waals surface area contributed by atoms with Crippen molar-refractivity contribution < 1.29 is 32.7 Å². The Bertz CT molecular complexity index is 407. The molecule has 1 rings (SSSR count). The second-order valence-electron chi connectivity index (χ2n) is 3.83. The Kier molecular flexibility index (Phi) is 4.47. The van der Waals surface area contributed by atoms with Gasteiger partial charge in [-0.05, 0) is 31.4 Å². The number of hydrogen-bond acceptors (Lipinski definition) is 4. The van der Waals surface area contributed by atoms with Crippen LogP contribution in [0.2, 0.25) is 0 Å². The Morgan fingerprint density at radius 2 is 1.67 bits per heavy atom. The zero-order valence-electron chi connectivity index (χ0n) is 9.73. The van der Waals surface area contributed by atoms with E-state index in [1.165, 1.54) is 6.07 Å². The predicted octanol–water partition coefficient (Wildman–Crippen LogP) is 1.05. The minimum Gasteiger partial charge on any atom is -0.491 e. The zero-order valence-corrected chi connectivity index (χ0v) is 9.73. The predicted molar refractivity (Wildman–Crippen MR) is 58.7 cm³/mol. The standard InChI is InChI=1S/C10H12BF3O4/c1-6(2)17-8-3-7(11(15)16)4-9(5-8)18-10(12,13)14/h3-6,15-16H,1-2H3. The van der Waals surface area contributed by atoms with Crippen molar-refractivity contribution in [3.8, 4) is 11.5 Å². The van der Waals surface area contributed by atoms with Gasteiger partial charge in [0.2, 0.25) is 0 Å². The average Bonchev–Trinajstić information content (AvgIpc) is 2.12. The molecule has 0 radical (unpaired) electrons. The third-order valence-electron chi connectivity index (χ3n) is 1.81. The maximum Gasteiger partial charge on any atom is 0.573 e. The summed E-state index contributed by atoms with van der Waals surface area (Å²) in [5.74, 6) is -0.501. The van der Waals surface area contributed by atoms with E-state index in [9.17, 15) is 13.2 Å². The molecule has 0 bridgehead atoms. The summed E-state index contributed by atoms with van der Waals surface area (Å²) < 4.78 is 45.1. The van der Waals surface area contributed by atoms with E-state index in [0.717, 1.165) is 12.1 Å². The van der Waals surface area contributed by atoms with E-state index in [1.54, 1.807) is 13.8 Å². The number of ether oxygens (including phenoxy) is 2. The summed E-state index contributed by atoms with van der Waals surface area (Å²) >= 11 is 0. The van der Waals surface area contributed by atoms with Crippen LogP contribution >= 0.6 is 0 Å². The van der Waals surface area contributed by atoms with Gasteiger partial charge in [0.1, 0.15) is 11.5 Å². The Morgan fingerprint density at radius 3 is 2.11 bits per heavy atom. The monoisotopic (exact) mass is 264 g/mol. The molecule has 100 valence electrons. The SMILES string of the molecule is CC(C)Oc1cc(OC(F)(F)F)cc(B(O)O)c1. The fourth-order valence-electron chi connectivity index (χ4n) is 1.28. The molecular formula is C10H12BF3O4. The van der Waals surface area contributed by atoms with Crippen molar-refractivity contribution in [3.63, 3.8) is 0 Å². The van der Waals surface area contributed by atoms with E-state index in [1.807, 2.05) is 0 Å².